The number of nitrogens with zero attached hydrogens (tertiary/aromatic N) is 5. The van der Waals surface area contributed by atoms with Crippen molar-refractivity contribution < 1.29 is 9.84 Å². The van der Waals surface area contributed by atoms with Gasteiger partial charge in [0.2, 0.25) is 0 Å². The van der Waals surface area contributed by atoms with Crippen molar-refractivity contribution in [2.45, 2.75) is 94.7 Å². The molecule has 0 bridgehead atoms. The Labute approximate surface area is 241 Å². The number of morpholine rings is 1. The van der Waals surface area contributed by atoms with E-state index in [0.29, 0.717) is 18.0 Å². The molecule has 3 fully saturated rings. The zero-order valence-corrected chi connectivity index (χ0v) is 24.7. The smallest absolute Gasteiger partial charge is 0.0832 e. The van der Waals surface area contributed by atoms with Crippen LogP contribution >= 0.6 is 0 Å². The van der Waals surface area contributed by atoms with Gasteiger partial charge >= 0.3 is 0 Å². The van der Waals surface area contributed by atoms with Crippen LogP contribution < -0.4 is 15.1 Å². The van der Waals surface area contributed by atoms with Gasteiger partial charge in [0.25, 0.3) is 0 Å². The van der Waals surface area contributed by atoms with E-state index >= 15 is 0 Å². The van der Waals surface area contributed by atoms with E-state index < -0.39 is 0 Å². The van der Waals surface area contributed by atoms with Crippen molar-refractivity contribution >= 4 is 11.4 Å². The van der Waals surface area contributed by atoms with Gasteiger partial charge in [-0.15, -0.1) is 0 Å². The summed E-state index contributed by atoms with van der Waals surface area (Å²) < 4.78 is 5.59. The number of aliphatic hydroxyl groups excluding tert-OH is 1. The number of nitrogens with one attached hydrogen (secondary N) is 1. The van der Waals surface area contributed by atoms with Gasteiger partial charge in [-0.1, -0.05) is 12.8 Å². The van der Waals surface area contributed by atoms with Crippen LogP contribution in [0.4, 0.5) is 11.4 Å². The van der Waals surface area contributed by atoms with Gasteiger partial charge in [0.1, 0.15) is 0 Å². The number of rotatable bonds is 8. The summed E-state index contributed by atoms with van der Waals surface area (Å²) in [6.45, 7) is 12.9. The molecule has 0 spiro atoms. The van der Waals surface area contributed by atoms with Crippen LogP contribution in [0, 0.1) is 0 Å². The molecule has 40 heavy (non-hydrogen) atoms. The number of fused-ring (bicyclic) bond motifs is 5. The Hall–Kier alpha value is -1.45. The molecule has 6 aliphatic rings. The topological polar surface area (TPSA) is 67.3 Å². The van der Waals surface area contributed by atoms with Gasteiger partial charge in [-0.3, -0.25) is 9.88 Å². The molecule has 1 aromatic rings. The lowest BCUT2D eigenvalue weighted by atomic mass is 9.83. The van der Waals surface area contributed by atoms with E-state index in [9.17, 15) is 5.11 Å². The predicted molar refractivity (Wildman–Crippen MR) is 161 cm³/mol. The maximum Gasteiger partial charge on any atom is 0.0832 e. The molecule has 1 saturated carbocycles. The van der Waals surface area contributed by atoms with Crippen LogP contribution in [0.2, 0.25) is 0 Å². The van der Waals surface area contributed by atoms with E-state index in [1.165, 1.54) is 76.0 Å². The van der Waals surface area contributed by atoms with Gasteiger partial charge in [0, 0.05) is 95.6 Å². The molecule has 5 heterocycles. The van der Waals surface area contributed by atoms with Crippen LogP contribution in [0.1, 0.15) is 80.7 Å². The van der Waals surface area contributed by atoms with Crippen LogP contribution in [0.25, 0.3) is 0 Å². The fraction of sp³-hybridized carbons (Fsp3) is 0.844. The summed E-state index contributed by atoms with van der Waals surface area (Å²) in [5, 5.41) is 13.7. The number of hydrogen-bond acceptors (Lipinski definition) is 8. The van der Waals surface area contributed by atoms with Crippen molar-refractivity contribution in [3.05, 3.63) is 17.0 Å². The summed E-state index contributed by atoms with van der Waals surface area (Å²) in [7, 11) is 0. The highest BCUT2D eigenvalue weighted by Crippen LogP contribution is 2.54. The zero-order valence-electron chi connectivity index (χ0n) is 24.7. The van der Waals surface area contributed by atoms with Gasteiger partial charge in [0.05, 0.1) is 36.4 Å². The molecule has 7 rings (SSSR count). The Morgan fingerprint density at radius 3 is 2.52 bits per heavy atom. The SMILES string of the molecule is OC1CCN(CCNC2CCc3c(nc4c5c3N(CCCN3CCOCC3)CCCN5C3CCCCC43)C2)CC1. The van der Waals surface area contributed by atoms with Gasteiger partial charge < -0.3 is 29.9 Å². The quantitative estimate of drug-likeness (QED) is 0.511. The fourth-order valence-electron chi connectivity index (χ4n) is 8.70. The van der Waals surface area contributed by atoms with Gasteiger partial charge in [0.15, 0.2) is 0 Å². The second-order valence-electron chi connectivity index (χ2n) is 13.4. The van der Waals surface area contributed by atoms with E-state index in [1.807, 2.05) is 0 Å². The van der Waals surface area contributed by atoms with Gasteiger partial charge in [-0.25, -0.2) is 0 Å². The molecule has 8 heteroatoms. The van der Waals surface area contributed by atoms with Crippen LogP contribution in [-0.4, -0.2) is 117 Å². The highest BCUT2D eigenvalue weighted by Gasteiger charge is 2.45. The molecule has 3 unspecified atom stereocenters. The zero-order chi connectivity index (χ0) is 26.9. The second-order valence-corrected chi connectivity index (χ2v) is 13.4. The molecule has 0 amide bonds. The average molecular weight is 553 g/mol. The lowest BCUT2D eigenvalue weighted by Crippen LogP contribution is -2.43. The molecule has 2 aliphatic carbocycles. The van der Waals surface area contributed by atoms with Crippen molar-refractivity contribution in [1.29, 1.82) is 0 Å². The van der Waals surface area contributed by atoms with E-state index in [-0.39, 0.29) is 6.10 Å². The molecule has 2 saturated heterocycles. The van der Waals surface area contributed by atoms with E-state index in [0.717, 1.165) is 84.7 Å². The first-order chi connectivity index (χ1) is 19.7. The number of likely N-dealkylation sites (tertiary alicyclic amines) is 1. The number of anilines is 2. The summed E-state index contributed by atoms with van der Waals surface area (Å²) >= 11 is 0. The predicted octanol–water partition coefficient (Wildman–Crippen LogP) is 2.76. The van der Waals surface area contributed by atoms with Crippen molar-refractivity contribution in [3.63, 3.8) is 0 Å². The van der Waals surface area contributed by atoms with Crippen molar-refractivity contribution in [2.24, 2.45) is 0 Å². The van der Waals surface area contributed by atoms with Crippen molar-refractivity contribution in [2.75, 3.05) is 88.5 Å². The number of hydrogen-bond donors (Lipinski definition) is 2. The first kappa shape index (κ1) is 27.4. The third kappa shape index (κ3) is 5.63. The third-order valence-electron chi connectivity index (χ3n) is 10.9. The Balaban J connectivity index is 1.09. The summed E-state index contributed by atoms with van der Waals surface area (Å²) in [6.07, 6.45) is 13.1. The van der Waals surface area contributed by atoms with Crippen LogP contribution in [0.15, 0.2) is 0 Å². The lowest BCUT2D eigenvalue weighted by Gasteiger charge is -2.35. The molecule has 222 valence electrons. The molecular formula is C32H52N6O2. The Morgan fingerprint density at radius 1 is 0.825 bits per heavy atom. The largest absolute Gasteiger partial charge is 0.393 e. The highest BCUT2D eigenvalue weighted by molar-refractivity contribution is 5.82. The minimum atomic E-state index is -0.0873. The van der Waals surface area contributed by atoms with Gasteiger partial charge in [-0.05, 0) is 56.9 Å². The number of aromatic nitrogens is 1. The van der Waals surface area contributed by atoms with Crippen molar-refractivity contribution in [1.82, 2.24) is 20.1 Å². The molecule has 8 nitrogen and oxygen atoms in total. The molecule has 4 aliphatic heterocycles. The molecular weight excluding hydrogens is 500 g/mol. The molecule has 2 N–H and O–H groups in total. The number of aliphatic hydroxyl groups is 1. The number of ether oxygens (including phenoxy) is 1. The standard InChI is InChI=1S/C32H52N6O2/c39-25-9-16-36(17-10-25)18-11-33-24-7-8-26-28(23-24)34-30-27-5-1-2-6-29(27)38-15-4-14-37(31(26)32(30)38)13-3-12-35-19-21-40-22-20-35/h24-25,27,29,33,39H,1-23H2. The van der Waals surface area contributed by atoms with Gasteiger partial charge in [-0.2, -0.15) is 0 Å². The normalized spacial score (nSPS) is 29.7. The minimum absolute atomic E-state index is 0.0873. The number of pyridine rings is 1. The van der Waals surface area contributed by atoms with Crippen LogP contribution in [-0.2, 0) is 17.6 Å². The summed E-state index contributed by atoms with van der Waals surface area (Å²) in [5.74, 6) is 0.642. The van der Waals surface area contributed by atoms with E-state index in [4.69, 9.17) is 9.72 Å². The van der Waals surface area contributed by atoms with Crippen LogP contribution in [0.3, 0.4) is 0 Å². The van der Waals surface area contributed by atoms with E-state index in [2.05, 4.69) is 24.9 Å². The Bertz CT molecular complexity index is 1010. The fourth-order valence-corrected chi connectivity index (χ4v) is 8.70. The molecule has 0 radical (unpaired) electrons. The second kappa shape index (κ2) is 12.4. The maximum absolute atomic E-state index is 9.83. The minimum Gasteiger partial charge on any atom is -0.393 e. The monoisotopic (exact) mass is 552 g/mol. The molecule has 0 aromatic carbocycles. The van der Waals surface area contributed by atoms with Crippen molar-refractivity contribution in [3.8, 4) is 0 Å². The summed E-state index contributed by atoms with van der Waals surface area (Å²) in [4.78, 5) is 16.3. The Kier molecular flexibility index (Phi) is 8.50. The Morgan fingerprint density at radius 2 is 1.65 bits per heavy atom. The first-order valence-corrected chi connectivity index (χ1v) is 16.8. The number of piperidine rings is 1. The summed E-state index contributed by atoms with van der Waals surface area (Å²) in [6, 6.07) is 1.21. The molecule has 3 atom stereocenters. The van der Waals surface area contributed by atoms with E-state index in [1.54, 1.807) is 16.9 Å². The highest BCUT2D eigenvalue weighted by atomic mass is 16.5. The molecule has 1 aromatic heterocycles. The van der Waals surface area contributed by atoms with Crippen LogP contribution in [0.5, 0.6) is 0 Å². The maximum atomic E-state index is 9.83. The third-order valence-corrected chi connectivity index (χ3v) is 10.9. The first-order valence-electron chi connectivity index (χ1n) is 16.8. The lowest BCUT2D eigenvalue weighted by molar-refractivity contribution is 0.0376. The average Bonchev–Trinajstić information content (AvgIpc) is 3.16. The summed E-state index contributed by atoms with van der Waals surface area (Å²) in [5.41, 5.74) is 7.60.